The van der Waals surface area contributed by atoms with Gasteiger partial charge in [0.05, 0.1) is 6.10 Å². The van der Waals surface area contributed by atoms with Gasteiger partial charge in [0.2, 0.25) is 0 Å². The SMILES string of the molecule is CCCC1CCN(CCNCC2CCCO2)CC1. The van der Waals surface area contributed by atoms with Crippen LogP contribution in [0.2, 0.25) is 0 Å². The lowest BCUT2D eigenvalue weighted by Gasteiger charge is -2.31. The van der Waals surface area contributed by atoms with Crippen LogP contribution in [0, 0.1) is 5.92 Å². The largest absolute Gasteiger partial charge is 0.377 e. The molecule has 0 spiro atoms. The number of piperidine rings is 1. The molecule has 1 unspecified atom stereocenters. The minimum atomic E-state index is 0.486. The Balaban J connectivity index is 1.47. The fourth-order valence-electron chi connectivity index (χ4n) is 3.21. The van der Waals surface area contributed by atoms with E-state index in [1.165, 1.54) is 58.2 Å². The van der Waals surface area contributed by atoms with Crippen molar-refractivity contribution in [2.24, 2.45) is 5.92 Å². The lowest BCUT2D eigenvalue weighted by molar-refractivity contribution is 0.108. The zero-order chi connectivity index (χ0) is 12.6. The Morgan fingerprint density at radius 2 is 2.06 bits per heavy atom. The molecule has 3 heteroatoms. The molecule has 2 rings (SSSR count). The summed E-state index contributed by atoms with van der Waals surface area (Å²) in [6.07, 6.45) is 8.60. The van der Waals surface area contributed by atoms with E-state index in [2.05, 4.69) is 17.1 Å². The first-order valence-corrected chi connectivity index (χ1v) is 7.93. The molecule has 0 radical (unpaired) electrons. The van der Waals surface area contributed by atoms with Crippen molar-refractivity contribution < 1.29 is 4.74 Å². The van der Waals surface area contributed by atoms with Crippen LogP contribution in [0.5, 0.6) is 0 Å². The minimum absolute atomic E-state index is 0.486. The van der Waals surface area contributed by atoms with Crippen LogP contribution in [-0.4, -0.2) is 50.3 Å². The molecule has 0 amide bonds. The molecule has 0 aromatic rings. The summed E-state index contributed by atoms with van der Waals surface area (Å²) in [6.45, 7) is 9.29. The van der Waals surface area contributed by atoms with Gasteiger partial charge in [-0.15, -0.1) is 0 Å². The van der Waals surface area contributed by atoms with Gasteiger partial charge in [-0.3, -0.25) is 0 Å². The summed E-state index contributed by atoms with van der Waals surface area (Å²) < 4.78 is 5.61. The smallest absolute Gasteiger partial charge is 0.0700 e. The van der Waals surface area contributed by atoms with E-state index >= 15 is 0 Å². The highest BCUT2D eigenvalue weighted by Gasteiger charge is 2.18. The number of rotatable bonds is 7. The van der Waals surface area contributed by atoms with E-state index in [9.17, 15) is 0 Å². The summed E-state index contributed by atoms with van der Waals surface area (Å²) >= 11 is 0. The summed E-state index contributed by atoms with van der Waals surface area (Å²) in [5.41, 5.74) is 0. The number of hydrogen-bond acceptors (Lipinski definition) is 3. The van der Waals surface area contributed by atoms with Gasteiger partial charge in [0.25, 0.3) is 0 Å². The van der Waals surface area contributed by atoms with Gasteiger partial charge in [0, 0.05) is 26.2 Å². The molecule has 2 aliphatic rings. The van der Waals surface area contributed by atoms with E-state index in [0.29, 0.717) is 6.10 Å². The highest BCUT2D eigenvalue weighted by molar-refractivity contribution is 4.73. The van der Waals surface area contributed by atoms with Crippen molar-refractivity contribution in [3.63, 3.8) is 0 Å². The monoisotopic (exact) mass is 254 g/mol. The molecule has 2 saturated heterocycles. The molecule has 0 aliphatic carbocycles. The minimum Gasteiger partial charge on any atom is -0.377 e. The third-order valence-corrected chi connectivity index (χ3v) is 4.40. The predicted molar refractivity (Wildman–Crippen MR) is 75.9 cm³/mol. The zero-order valence-electron chi connectivity index (χ0n) is 12.0. The molecule has 18 heavy (non-hydrogen) atoms. The van der Waals surface area contributed by atoms with Crippen LogP contribution < -0.4 is 5.32 Å². The van der Waals surface area contributed by atoms with Gasteiger partial charge < -0.3 is 15.0 Å². The normalized spacial score (nSPS) is 26.8. The molecule has 1 atom stereocenters. The Morgan fingerprint density at radius 1 is 1.22 bits per heavy atom. The van der Waals surface area contributed by atoms with Gasteiger partial charge in [0.15, 0.2) is 0 Å². The van der Waals surface area contributed by atoms with E-state index < -0.39 is 0 Å². The van der Waals surface area contributed by atoms with Crippen molar-refractivity contribution in [1.29, 1.82) is 0 Å². The molecule has 0 aromatic carbocycles. The Hall–Kier alpha value is -0.120. The fourth-order valence-corrected chi connectivity index (χ4v) is 3.21. The second-order valence-corrected chi connectivity index (χ2v) is 5.91. The molecular formula is C15H30N2O. The molecule has 3 nitrogen and oxygen atoms in total. The van der Waals surface area contributed by atoms with Crippen LogP contribution in [0.1, 0.15) is 45.4 Å². The summed E-state index contributed by atoms with van der Waals surface area (Å²) in [5.74, 6) is 1.01. The summed E-state index contributed by atoms with van der Waals surface area (Å²) in [7, 11) is 0. The number of nitrogens with zero attached hydrogens (tertiary/aromatic N) is 1. The van der Waals surface area contributed by atoms with Crippen LogP contribution in [0.4, 0.5) is 0 Å². The van der Waals surface area contributed by atoms with E-state index in [4.69, 9.17) is 4.74 Å². The standard InChI is InChI=1S/C15H30N2O/c1-2-4-14-6-9-17(10-7-14)11-8-16-13-15-5-3-12-18-15/h14-16H,2-13H2,1H3. The second kappa shape index (κ2) is 8.13. The molecule has 2 heterocycles. The quantitative estimate of drug-likeness (QED) is 0.705. The van der Waals surface area contributed by atoms with Crippen LogP contribution in [-0.2, 0) is 4.74 Å². The zero-order valence-corrected chi connectivity index (χ0v) is 12.0. The Morgan fingerprint density at radius 3 is 2.72 bits per heavy atom. The van der Waals surface area contributed by atoms with Gasteiger partial charge in [-0.1, -0.05) is 19.8 Å². The van der Waals surface area contributed by atoms with E-state index in [0.717, 1.165) is 25.6 Å². The predicted octanol–water partition coefficient (Wildman–Crippen LogP) is 2.27. The molecule has 0 bridgehead atoms. The van der Waals surface area contributed by atoms with E-state index in [1.54, 1.807) is 0 Å². The maximum atomic E-state index is 5.61. The lowest BCUT2D eigenvalue weighted by atomic mass is 9.92. The van der Waals surface area contributed by atoms with Crippen LogP contribution in [0.25, 0.3) is 0 Å². The topological polar surface area (TPSA) is 24.5 Å². The third kappa shape index (κ3) is 4.87. The third-order valence-electron chi connectivity index (χ3n) is 4.40. The molecule has 106 valence electrons. The molecule has 2 fully saturated rings. The Kier molecular flexibility index (Phi) is 6.46. The maximum Gasteiger partial charge on any atom is 0.0700 e. The van der Waals surface area contributed by atoms with Crippen LogP contribution in [0.15, 0.2) is 0 Å². The van der Waals surface area contributed by atoms with Crippen molar-refractivity contribution in [1.82, 2.24) is 10.2 Å². The van der Waals surface area contributed by atoms with Gasteiger partial charge in [-0.05, 0) is 44.7 Å². The molecule has 2 aliphatic heterocycles. The Labute approximate surface area is 112 Å². The first-order valence-electron chi connectivity index (χ1n) is 7.93. The van der Waals surface area contributed by atoms with Crippen molar-refractivity contribution >= 4 is 0 Å². The van der Waals surface area contributed by atoms with Crippen LogP contribution >= 0.6 is 0 Å². The molecule has 0 aromatic heterocycles. The van der Waals surface area contributed by atoms with E-state index in [1.807, 2.05) is 0 Å². The average molecular weight is 254 g/mol. The van der Waals surface area contributed by atoms with Gasteiger partial charge in [-0.2, -0.15) is 0 Å². The van der Waals surface area contributed by atoms with Crippen molar-refractivity contribution in [2.75, 3.05) is 39.3 Å². The van der Waals surface area contributed by atoms with E-state index in [-0.39, 0.29) is 0 Å². The summed E-state index contributed by atoms with van der Waals surface area (Å²) in [6, 6.07) is 0. The molecular weight excluding hydrogens is 224 g/mol. The van der Waals surface area contributed by atoms with Gasteiger partial charge in [-0.25, -0.2) is 0 Å². The highest BCUT2D eigenvalue weighted by Crippen LogP contribution is 2.21. The summed E-state index contributed by atoms with van der Waals surface area (Å²) in [4.78, 5) is 2.62. The van der Waals surface area contributed by atoms with Crippen molar-refractivity contribution in [3.05, 3.63) is 0 Å². The number of ether oxygens (including phenoxy) is 1. The first-order chi connectivity index (χ1) is 8.88. The summed E-state index contributed by atoms with van der Waals surface area (Å²) in [5, 5.41) is 3.54. The fraction of sp³-hybridized carbons (Fsp3) is 1.00. The molecule has 1 N–H and O–H groups in total. The Bertz CT molecular complexity index is 209. The highest BCUT2D eigenvalue weighted by atomic mass is 16.5. The van der Waals surface area contributed by atoms with Crippen molar-refractivity contribution in [3.8, 4) is 0 Å². The van der Waals surface area contributed by atoms with Gasteiger partial charge in [0.1, 0.15) is 0 Å². The number of hydrogen-bond donors (Lipinski definition) is 1. The number of nitrogens with one attached hydrogen (secondary N) is 1. The average Bonchev–Trinajstić information content (AvgIpc) is 2.90. The van der Waals surface area contributed by atoms with Crippen molar-refractivity contribution in [2.45, 2.75) is 51.6 Å². The number of likely N-dealkylation sites (tertiary alicyclic amines) is 1. The molecule has 0 saturated carbocycles. The van der Waals surface area contributed by atoms with Gasteiger partial charge >= 0.3 is 0 Å². The first kappa shape index (κ1) is 14.3. The maximum absolute atomic E-state index is 5.61. The second-order valence-electron chi connectivity index (χ2n) is 5.91. The lowest BCUT2D eigenvalue weighted by Crippen LogP contribution is -2.39. The van der Waals surface area contributed by atoms with Crippen LogP contribution in [0.3, 0.4) is 0 Å².